The highest BCUT2D eigenvalue weighted by Crippen LogP contribution is 2.16. The summed E-state index contributed by atoms with van der Waals surface area (Å²) in [5.74, 6) is 0.512. The van der Waals surface area contributed by atoms with Crippen LogP contribution in [0.15, 0.2) is 48.5 Å². The summed E-state index contributed by atoms with van der Waals surface area (Å²) in [6.07, 6.45) is 0.348. The van der Waals surface area contributed by atoms with Crippen molar-refractivity contribution >= 4 is 17.5 Å². The molecule has 0 heterocycles. The van der Waals surface area contributed by atoms with Gasteiger partial charge in [0.15, 0.2) is 0 Å². The highest BCUT2D eigenvalue weighted by atomic mass is 35.5. The number of amides is 1. The Morgan fingerprint density at radius 3 is 2.59 bits per heavy atom. The monoisotopic (exact) mass is 318 g/mol. The minimum absolute atomic E-state index is 0.294. The van der Waals surface area contributed by atoms with E-state index in [2.05, 4.69) is 5.32 Å². The molecule has 5 heteroatoms. The van der Waals surface area contributed by atoms with Gasteiger partial charge >= 0.3 is 0 Å². The maximum absolute atomic E-state index is 10.6. The van der Waals surface area contributed by atoms with Gasteiger partial charge in [0.25, 0.3) is 0 Å². The lowest BCUT2D eigenvalue weighted by atomic mass is 10.2. The first-order chi connectivity index (χ1) is 10.6. The molecule has 0 saturated heterocycles. The number of rotatable bonds is 8. The Balaban J connectivity index is 1.78. The fourth-order valence-electron chi connectivity index (χ4n) is 1.94. The predicted octanol–water partition coefficient (Wildman–Crippen LogP) is 2.88. The van der Waals surface area contributed by atoms with Crippen LogP contribution in [0.5, 0.6) is 5.75 Å². The molecule has 2 aromatic rings. The molecule has 0 spiro atoms. The molecule has 2 rings (SSSR count). The number of hydrogen-bond acceptors (Lipinski definition) is 3. The van der Waals surface area contributed by atoms with Crippen molar-refractivity contribution in [3.05, 3.63) is 64.7 Å². The first-order valence-electron chi connectivity index (χ1n) is 7.09. The second-order valence-corrected chi connectivity index (χ2v) is 5.39. The Hall–Kier alpha value is -2.04. The number of hydrogen-bond donors (Lipinski definition) is 2. The summed E-state index contributed by atoms with van der Waals surface area (Å²) in [5.41, 5.74) is 7.24. The van der Waals surface area contributed by atoms with Crippen molar-refractivity contribution in [2.45, 2.75) is 19.6 Å². The predicted molar refractivity (Wildman–Crippen MR) is 87.7 cm³/mol. The number of primary amides is 1. The largest absolute Gasteiger partial charge is 0.489 e. The third kappa shape index (κ3) is 5.76. The average Bonchev–Trinajstić information content (AvgIpc) is 2.51. The van der Waals surface area contributed by atoms with Gasteiger partial charge in [-0.25, -0.2) is 0 Å². The van der Waals surface area contributed by atoms with E-state index in [4.69, 9.17) is 22.1 Å². The second kappa shape index (κ2) is 8.41. The van der Waals surface area contributed by atoms with Gasteiger partial charge in [0.2, 0.25) is 5.91 Å². The number of ether oxygens (including phenoxy) is 1. The normalized spacial score (nSPS) is 10.4. The lowest BCUT2D eigenvalue weighted by molar-refractivity contribution is -0.117. The summed E-state index contributed by atoms with van der Waals surface area (Å²) in [5, 5.41) is 3.87. The van der Waals surface area contributed by atoms with Gasteiger partial charge in [-0.1, -0.05) is 35.9 Å². The van der Waals surface area contributed by atoms with E-state index in [0.717, 1.165) is 16.9 Å². The zero-order valence-electron chi connectivity index (χ0n) is 12.2. The quantitative estimate of drug-likeness (QED) is 0.736. The smallest absolute Gasteiger partial charge is 0.218 e. The summed E-state index contributed by atoms with van der Waals surface area (Å²) >= 11 is 5.94. The Kier molecular flexibility index (Phi) is 6.25. The van der Waals surface area contributed by atoms with E-state index in [1.165, 1.54) is 0 Å². The van der Waals surface area contributed by atoms with Crippen molar-refractivity contribution < 1.29 is 9.53 Å². The van der Waals surface area contributed by atoms with Crippen LogP contribution in [0.4, 0.5) is 0 Å². The molecule has 0 aliphatic rings. The summed E-state index contributed by atoms with van der Waals surface area (Å²) in [7, 11) is 0. The molecule has 4 nitrogen and oxygen atoms in total. The van der Waals surface area contributed by atoms with Crippen molar-refractivity contribution in [3.8, 4) is 5.75 Å². The molecule has 0 radical (unpaired) electrons. The first kappa shape index (κ1) is 16.3. The molecule has 0 aromatic heterocycles. The number of nitrogens with one attached hydrogen (secondary N) is 1. The molecule has 0 atom stereocenters. The number of carbonyl (C=O) groups excluding carboxylic acids is 1. The zero-order chi connectivity index (χ0) is 15.8. The number of halogens is 1. The third-order valence-corrected chi connectivity index (χ3v) is 3.33. The fraction of sp³-hybridized carbons (Fsp3) is 0.235. The number of carbonyl (C=O) groups is 1. The van der Waals surface area contributed by atoms with E-state index in [1.807, 2.05) is 48.5 Å². The van der Waals surface area contributed by atoms with Crippen LogP contribution in [0.1, 0.15) is 17.5 Å². The zero-order valence-corrected chi connectivity index (χ0v) is 13.0. The molecule has 0 fully saturated rings. The van der Waals surface area contributed by atoms with Crippen LogP contribution in [0.2, 0.25) is 5.02 Å². The molecule has 0 unspecified atom stereocenters. The van der Waals surface area contributed by atoms with Gasteiger partial charge in [-0.2, -0.15) is 0 Å². The van der Waals surface area contributed by atoms with E-state index < -0.39 is 0 Å². The van der Waals surface area contributed by atoms with Gasteiger partial charge in [0.05, 0.1) is 0 Å². The van der Waals surface area contributed by atoms with Gasteiger partial charge in [-0.05, 0) is 35.4 Å². The molecule has 3 N–H and O–H groups in total. The van der Waals surface area contributed by atoms with Crippen molar-refractivity contribution in [1.82, 2.24) is 5.32 Å². The van der Waals surface area contributed by atoms with Crippen molar-refractivity contribution in [2.24, 2.45) is 5.73 Å². The van der Waals surface area contributed by atoms with E-state index >= 15 is 0 Å². The van der Waals surface area contributed by atoms with E-state index in [-0.39, 0.29) is 5.91 Å². The third-order valence-electron chi connectivity index (χ3n) is 3.10. The van der Waals surface area contributed by atoms with E-state index in [0.29, 0.717) is 31.1 Å². The van der Waals surface area contributed by atoms with Crippen LogP contribution >= 0.6 is 11.6 Å². The minimum Gasteiger partial charge on any atom is -0.489 e. The SMILES string of the molecule is NC(=O)CCNCc1ccc(OCc2cccc(Cl)c2)cc1. The van der Waals surface area contributed by atoms with Gasteiger partial charge in [-0.3, -0.25) is 4.79 Å². The van der Waals surface area contributed by atoms with Gasteiger partial charge < -0.3 is 15.8 Å². The molecule has 0 aliphatic heterocycles. The molecular weight excluding hydrogens is 300 g/mol. The lowest BCUT2D eigenvalue weighted by Crippen LogP contribution is -2.21. The summed E-state index contributed by atoms with van der Waals surface area (Å²) in [4.78, 5) is 10.6. The number of benzene rings is 2. The molecule has 0 bridgehead atoms. The van der Waals surface area contributed by atoms with Gasteiger partial charge in [0.1, 0.15) is 12.4 Å². The Morgan fingerprint density at radius 1 is 1.14 bits per heavy atom. The molecule has 1 amide bonds. The van der Waals surface area contributed by atoms with Gasteiger partial charge in [-0.15, -0.1) is 0 Å². The molecule has 0 saturated carbocycles. The Labute approximate surface area is 135 Å². The van der Waals surface area contributed by atoms with Crippen LogP contribution < -0.4 is 15.8 Å². The molecule has 116 valence electrons. The standard InChI is InChI=1S/C17H19ClN2O2/c18-15-3-1-2-14(10-15)12-22-16-6-4-13(5-7-16)11-20-9-8-17(19)21/h1-7,10,20H,8-9,11-12H2,(H2,19,21). The van der Waals surface area contributed by atoms with Crippen molar-refractivity contribution in [3.63, 3.8) is 0 Å². The topological polar surface area (TPSA) is 64.4 Å². The maximum atomic E-state index is 10.6. The molecule has 0 aliphatic carbocycles. The van der Waals surface area contributed by atoms with Crippen molar-refractivity contribution in [1.29, 1.82) is 0 Å². The van der Waals surface area contributed by atoms with Crippen LogP contribution in [0, 0.1) is 0 Å². The summed E-state index contributed by atoms with van der Waals surface area (Å²) < 4.78 is 5.72. The van der Waals surface area contributed by atoms with E-state index in [9.17, 15) is 4.79 Å². The van der Waals surface area contributed by atoms with Crippen LogP contribution in [-0.2, 0) is 17.9 Å². The highest BCUT2D eigenvalue weighted by Gasteiger charge is 1.99. The minimum atomic E-state index is -0.294. The second-order valence-electron chi connectivity index (χ2n) is 4.96. The number of nitrogens with two attached hydrogens (primary N) is 1. The first-order valence-corrected chi connectivity index (χ1v) is 7.46. The Bertz CT molecular complexity index is 614. The van der Waals surface area contributed by atoms with Gasteiger partial charge in [0, 0.05) is 24.5 Å². The van der Waals surface area contributed by atoms with Crippen LogP contribution in [-0.4, -0.2) is 12.5 Å². The highest BCUT2D eigenvalue weighted by molar-refractivity contribution is 6.30. The van der Waals surface area contributed by atoms with Crippen LogP contribution in [0.3, 0.4) is 0 Å². The van der Waals surface area contributed by atoms with E-state index in [1.54, 1.807) is 0 Å². The summed E-state index contributed by atoms with van der Waals surface area (Å²) in [6, 6.07) is 15.4. The lowest BCUT2D eigenvalue weighted by Gasteiger charge is -2.08. The maximum Gasteiger partial charge on any atom is 0.218 e. The molecule has 22 heavy (non-hydrogen) atoms. The molecule has 2 aromatic carbocycles. The molecular formula is C17H19ClN2O2. The Morgan fingerprint density at radius 2 is 1.91 bits per heavy atom. The van der Waals surface area contributed by atoms with Crippen LogP contribution in [0.25, 0.3) is 0 Å². The average molecular weight is 319 g/mol. The van der Waals surface area contributed by atoms with Crippen molar-refractivity contribution in [2.75, 3.05) is 6.54 Å². The summed E-state index contributed by atoms with van der Waals surface area (Å²) in [6.45, 7) is 1.76. The fourth-order valence-corrected chi connectivity index (χ4v) is 2.15.